The fourth-order valence-electron chi connectivity index (χ4n) is 1.90. The lowest BCUT2D eigenvalue weighted by Crippen LogP contribution is -2.05. The number of hydrogen-bond donors (Lipinski definition) is 1. The predicted molar refractivity (Wildman–Crippen MR) is 78.4 cm³/mol. The van der Waals surface area contributed by atoms with Gasteiger partial charge in [0, 0.05) is 0 Å². The molecule has 1 nitrogen and oxygen atoms in total. The van der Waals surface area contributed by atoms with E-state index in [9.17, 15) is 0 Å². The Morgan fingerprint density at radius 1 is 1.24 bits per heavy atom. The van der Waals surface area contributed by atoms with Gasteiger partial charge in [-0.15, -0.1) is 0 Å². The van der Waals surface area contributed by atoms with E-state index in [-0.39, 0.29) is 0 Å². The topological polar surface area (TPSA) is 9.23 Å². The van der Waals surface area contributed by atoms with E-state index in [0.717, 1.165) is 24.5 Å². The molecule has 1 atom stereocenters. The summed E-state index contributed by atoms with van der Waals surface area (Å²) in [6, 6.07) is 6.42. The van der Waals surface area contributed by atoms with Crippen LogP contribution in [0.2, 0.25) is 0 Å². The van der Waals surface area contributed by atoms with Crippen LogP contribution in [-0.4, -0.2) is 12.4 Å². The molecule has 1 rings (SSSR count). The molecule has 1 unspecified atom stereocenters. The first-order valence-corrected chi connectivity index (χ1v) is 7.02. The molecule has 0 saturated carbocycles. The number of benzene rings is 1. The number of hydrogen-bond acceptors (Lipinski definition) is 2. The molecule has 96 valence electrons. The van der Waals surface area contributed by atoms with E-state index in [2.05, 4.69) is 58.5 Å². The van der Waals surface area contributed by atoms with Crippen molar-refractivity contribution in [2.75, 3.05) is 12.4 Å². The van der Waals surface area contributed by atoms with Crippen molar-refractivity contribution >= 4 is 12.6 Å². The molecule has 0 amide bonds. The summed E-state index contributed by atoms with van der Waals surface area (Å²) in [5.74, 6) is 3.06. The largest absolute Gasteiger partial charge is 0.493 e. The summed E-state index contributed by atoms with van der Waals surface area (Å²) in [7, 11) is 0. The summed E-state index contributed by atoms with van der Waals surface area (Å²) >= 11 is 4.30. The van der Waals surface area contributed by atoms with Crippen molar-refractivity contribution in [2.45, 2.75) is 40.0 Å². The molecular weight excluding hydrogens is 228 g/mol. The van der Waals surface area contributed by atoms with E-state index in [1.165, 1.54) is 11.1 Å². The maximum absolute atomic E-state index is 5.73. The average molecular weight is 252 g/mol. The van der Waals surface area contributed by atoms with Crippen molar-refractivity contribution in [1.82, 2.24) is 0 Å². The number of thiol groups is 1. The Labute approximate surface area is 111 Å². The zero-order valence-electron chi connectivity index (χ0n) is 11.4. The summed E-state index contributed by atoms with van der Waals surface area (Å²) in [4.78, 5) is 0. The molecule has 2 heteroatoms. The quantitative estimate of drug-likeness (QED) is 0.736. The summed E-state index contributed by atoms with van der Waals surface area (Å²) in [6.45, 7) is 9.52. The molecule has 1 aromatic rings. The molecule has 0 radical (unpaired) electrons. The summed E-state index contributed by atoms with van der Waals surface area (Å²) in [6.07, 6.45) is 1.12. The Kier molecular flexibility index (Phi) is 5.90. The van der Waals surface area contributed by atoms with Gasteiger partial charge in [0.25, 0.3) is 0 Å². The molecule has 17 heavy (non-hydrogen) atoms. The van der Waals surface area contributed by atoms with Gasteiger partial charge in [-0.25, -0.2) is 0 Å². The standard InChI is InChI=1S/C15H24OS/c1-11(2)10-16-14-5-6-15(13(4)9-14)12(3)7-8-17/h5-6,9,11-12,17H,7-8,10H2,1-4H3. The summed E-state index contributed by atoms with van der Waals surface area (Å²) in [5, 5.41) is 0. The van der Waals surface area contributed by atoms with E-state index in [1.807, 2.05) is 0 Å². The minimum Gasteiger partial charge on any atom is -0.493 e. The summed E-state index contributed by atoms with van der Waals surface area (Å²) in [5.41, 5.74) is 2.73. The Morgan fingerprint density at radius 3 is 2.47 bits per heavy atom. The Morgan fingerprint density at radius 2 is 1.94 bits per heavy atom. The molecule has 0 aromatic heterocycles. The van der Waals surface area contributed by atoms with Gasteiger partial charge in [0.15, 0.2) is 0 Å². The van der Waals surface area contributed by atoms with Gasteiger partial charge in [0.2, 0.25) is 0 Å². The third-order valence-corrected chi connectivity index (χ3v) is 3.18. The first kappa shape index (κ1) is 14.4. The predicted octanol–water partition coefficient (Wildman–Crippen LogP) is 4.45. The molecule has 0 aliphatic carbocycles. The van der Waals surface area contributed by atoms with Crippen molar-refractivity contribution in [2.24, 2.45) is 5.92 Å². The van der Waals surface area contributed by atoms with Gasteiger partial charge < -0.3 is 4.74 Å². The zero-order chi connectivity index (χ0) is 12.8. The highest BCUT2D eigenvalue weighted by Gasteiger charge is 2.08. The lowest BCUT2D eigenvalue weighted by atomic mass is 9.94. The van der Waals surface area contributed by atoms with Gasteiger partial charge in [0.05, 0.1) is 6.61 Å². The van der Waals surface area contributed by atoms with Gasteiger partial charge in [0.1, 0.15) is 5.75 Å². The molecule has 1 aromatic carbocycles. The SMILES string of the molecule is Cc1cc(OCC(C)C)ccc1C(C)CCS. The Balaban J connectivity index is 2.72. The number of rotatable bonds is 6. The van der Waals surface area contributed by atoms with Crippen LogP contribution in [0.25, 0.3) is 0 Å². The minimum absolute atomic E-state index is 0.568. The van der Waals surface area contributed by atoms with Gasteiger partial charge in [-0.2, -0.15) is 12.6 Å². The lowest BCUT2D eigenvalue weighted by Gasteiger charge is -2.15. The highest BCUT2D eigenvalue weighted by molar-refractivity contribution is 7.80. The highest BCUT2D eigenvalue weighted by atomic mass is 32.1. The molecule has 0 aliphatic rings. The van der Waals surface area contributed by atoms with Crippen LogP contribution in [-0.2, 0) is 0 Å². The molecular formula is C15H24OS. The highest BCUT2D eigenvalue weighted by Crippen LogP contribution is 2.26. The smallest absolute Gasteiger partial charge is 0.119 e. The van der Waals surface area contributed by atoms with Crippen LogP contribution < -0.4 is 4.74 Å². The normalized spacial score (nSPS) is 12.8. The molecule has 0 fully saturated rings. The monoisotopic (exact) mass is 252 g/mol. The second kappa shape index (κ2) is 6.95. The van der Waals surface area contributed by atoms with Crippen molar-refractivity contribution in [3.05, 3.63) is 29.3 Å². The van der Waals surface area contributed by atoms with E-state index in [0.29, 0.717) is 11.8 Å². The second-order valence-corrected chi connectivity index (χ2v) is 5.58. The van der Waals surface area contributed by atoms with E-state index >= 15 is 0 Å². The molecule has 0 aliphatic heterocycles. The molecule has 0 heterocycles. The minimum atomic E-state index is 0.568. The lowest BCUT2D eigenvalue weighted by molar-refractivity contribution is 0.271. The maximum Gasteiger partial charge on any atom is 0.119 e. The van der Waals surface area contributed by atoms with Crippen LogP contribution in [0.4, 0.5) is 0 Å². The van der Waals surface area contributed by atoms with Crippen LogP contribution in [0, 0.1) is 12.8 Å². The second-order valence-electron chi connectivity index (χ2n) is 5.14. The number of aryl methyl sites for hydroxylation is 1. The van der Waals surface area contributed by atoms with Gasteiger partial charge in [-0.1, -0.05) is 26.8 Å². The van der Waals surface area contributed by atoms with Crippen LogP contribution in [0.15, 0.2) is 18.2 Å². The Bertz CT molecular complexity index is 347. The zero-order valence-corrected chi connectivity index (χ0v) is 12.3. The molecule has 0 spiro atoms. The van der Waals surface area contributed by atoms with Crippen molar-refractivity contribution in [1.29, 1.82) is 0 Å². The fraction of sp³-hybridized carbons (Fsp3) is 0.600. The molecule has 0 bridgehead atoms. The van der Waals surface area contributed by atoms with Gasteiger partial charge >= 0.3 is 0 Å². The van der Waals surface area contributed by atoms with Gasteiger partial charge in [-0.3, -0.25) is 0 Å². The van der Waals surface area contributed by atoms with Crippen LogP contribution in [0.3, 0.4) is 0 Å². The Hall–Kier alpha value is -0.630. The average Bonchev–Trinajstić information content (AvgIpc) is 2.26. The molecule has 0 N–H and O–H groups in total. The van der Waals surface area contributed by atoms with Crippen molar-refractivity contribution in [3.63, 3.8) is 0 Å². The third kappa shape index (κ3) is 4.63. The van der Waals surface area contributed by atoms with Crippen molar-refractivity contribution in [3.8, 4) is 5.75 Å². The first-order chi connectivity index (χ1) is 8.04. The van der Waals surface area contributed by atoms with Crippen LogP contribution >= 0.6 is 12.6 Å². The first-order valence-electron chi connectivity index (χ1n) is 6.38. The third-order valence-electron chi connectivity index (χ3n) is 2.92. The van der Waals surface area contributed by atoms with Crippen molar-refractivity contribution < 1.29 is 4.74 Å². The van der Waals surface area contributed by atoms with E-state index in [1.54, 1.807) is 0 Å². The van der Waals surface area contributed by atoms with Gasteiger partial charge in [-0.05, 0) is 54.2 Å². The number of ether oxygens (including phenoxy) is 1. The fourth-order valence-corrected chi connectivity index (χ4v) is 2.29. The van der Waals surface area contributed by atoms with E-state index < -0.39 is 0 Å². The molecule has 0 saturated heterocycles. The summed E-state index contributed by atoms with van der Waals surface area (Å²) < 4.78 is 5.73. The van der Waals surface area contributed by atoms with Crippen LogP contribution in [0.5, 0.6) is 5.75 Å². The van der Waals surface area contributed by atoms with Crippen LogP contribution in [0.1, 0.15) is 44.2 Å². The van der Waals surface area contributed by atoms with E-state index in [4.69, 9.17) is 4.74 Å². The maximum atomic E-state index is 5.73.